The van der Waals surface area contributed by atoms with E-state index < -0.39 is 0 Å². The lowest BCUT2D eigenvalue weighted by Crippen LogP contribution is -2.39. The molecule has 0 heterocycles. The minimum absolute atomic E-state index is 0.0630. The van der Waals surface area contributed by atoms with E-state index in [9.17, 15) is 4.79 Å². The summed E-state index contributed by atoms with van der Waals surface area (Å²) in [6.07, 6.45) is 2.22. The molecule has 0 atom stereocenters. The summed E-state index contributed by atoms with van der Waals surface area (Å²) in [5, 5.41) is 0. The number of amides is 1. The second kappa shape index (κ2) is 5.17. The van der Waals surface area contributed by atoms with Crippen LogP contribution in [0.15, 0.2) is 0 Å². The average Bonchev–Trinajstić information content (AvgIpc) is 2.92. The van der Waals surface area contributed by atoms with Gasteiger partial charge in [-0.3, -0.25) is 4.79 Å². The lowest BCUT2D eigenvalue weighted by Gasteiger charge is -2.24. The normalized spacial score (nSPS) is 16.5. The molecule has 0 radical (unpaired) electrons. The monoisotopic (exact) mass is 233 g/mol. The average molecular weight is 234 g/mol. The SMILES string of the molecule is CC(C)(C)OCC(=O)N(CCCl)C1CC1. The van der Waals surface area contributed by atoms with Gasteiger partial charge in [0, 0.05) is 18.5 Å². The van der Waals surface area contributed by atoms with Crippen molar-refractivity contribution in [1.82, 2.24) is 4.90 Å². The summed E-state index contributed by atoms with van der Waals surface area (Å²) >= 11 is 5.67. The third kappa shape index (κ3) is 4.85. The van der Waals surface area contributed by atoms with Crippen LogP contribution in [0.4, 0.5) is 0 Å². The van der Waals surface area contributed by atoms with Crippen LogP contribution in [-0.2, 0) is 9.53 Å². The zero-order valence-electron chi connectivity index (χ0n) is 9.75. The number of hydrogen-bond acceptors (Lipinski definition) is 2. The summed E-state index contributed by atoms with van der Waals surface area (Å²) in [5.74, 6) is 0.561. The van der Waals surface area contributed by atoms with E-state index in [1.807, 2.05) is 25.7 Å². The fourth-order valence-electron chi connectivity index (χ4n) is 1.35. The number of halogens is 1. The molecule has 1 aliphatic rings. The first kappa shape index (κ1) is 12.8. The summed E-state index contributed by atoms with van der Waals surface area (Å²) in [4.78, 5) is 13.6. The topological polar surface area (TPSA) is 29.5 Å². The van der Waals surface area contributed by atoms with E-state index in [0.29, 0.717) is 18.5 Å². The Kier molecular flexibility index (Phi) is 4.41. The summed E-state index contributed by atoms with van der Waals surface area (Å²) in [5.41, 5.74) is -0.258. The molecule has 0 aliphatic heterocycles. The van der Waals surface area contributed by atoms with Crippen LogP contribution in [0.25, 0.3) is 0 Å². The molecule has 0 aromatic carbocycles. The Morgan fingerprint density at radius 2 is 2.07 bits per heavy atom. The number of ether oxygens (including phenoxy) is 1. The first-order chi connectivity index (χ1) is 6.94. The Balaban J connectivity index is 2.35. The van der Waals surface area contributed by atoms with Gasteiger partial charge in [-0.1, -0.05) is 0 Å². The first-order valence-corrected chi connectivity index (χ1v) is 5.97. The van der Waals surface area contributed by atoms with Gasteiger partial charge in [0.15, 0.2) is 0 Å². The van der Waals surface area contributed by atoms with Crippen molar-refractivity contribution in [1.29, 1.82) is 0 Å². The number of hydrogen-bond donors (Lipinski definition) is 0. The highest BCUT2D eigenvalue weighted by molar-refractivity contribution is 6.18. The van der Waals surface area contributed by atoms with Crippen LogP contribution >= 0.6 is 11.6 Å². The Morgan fingerprint density at radius 3 is 2.47 bits per heavy atom. The van der Waals surface area contributed by atoms with E-state index in [-0.39, 0.29) is 18.1 Å². The zero-order chi connectivity index (χ0) is 11.5. The zero-order valence-corrected chi connectivity index (χ0v) is 10.5. The summed E-state index contributed by atoms with van der Waals surface area (Å²) in [6, 6.07) is 0.416. The van der Waals surface area contributed by atoms with Gasteiger partial charge in [-0.15, -0.1) is 11.6 Å². The Morgan fingerprint density at radius 1 is 1.47 bits per heavy atom. The molecule has 0 spiro atoms. The minimum atomic E-state index is -0.258. The molecule has 0 aromatic heterocycles. The molecule has 1 amide bonds. The molecule has 4 heteroatoms. The standard InChI is InChI=1S/C11H20ClNO2/c1-11(2,3)15-8-10(14)13(7-6-12)9-4-5-9/h9H,4-8H2,1-3H3. The largest absolute Gasteiger partial charge is 0.366 e. The van der Waals surface area contributed by atoms with Gasteiger partial charge < -0.3 is 9.64 Å². The molecule has 3 nitrogen and oxygen atoms in total. The number of carbonyl (C=O) groups excluding carboxylic acids is 1. The van der Waals surface area contributed by atoms with E-state index in [0.717, 1.165) is 12.8 Å². The summed E-state index contributed by atoms with van der Waals surface area (Å²) in [7, 11) is 0. The third-order valence-electron chi connectivity index (χ3n) is 2.26. The van der Waals surface area contributed by atoms with Crippen LogP contribution in [0, 0.1) is 0 Å². The molecular weight excluding hydrogens is 214 g/mol. The van der Waals surface area contributed by atoms with Crippen LogP contribution in [0.1, 0.15) is 33.6 Å². The van der Waals surface area contributed by atoms with Gasteiger partial charge in [0.05, 0.1) is 5.60 Å². The van der Waals surface area contributed by atoms with Crippen molar-refractivity contribution in [2.24, 2.45) is 0 Å². The smallest absolute Gasteiger partial charge is 0.248 e. The quantitative estimate of drug-likeness (QED) is 0.680. The maximum atomic E-state index is 11.8. The second-order valence-corrected chi connectivity index (χ2v) is 5.29. The highest BCUT2D eigenvalue weighted by Crippen LogP contribution is 2.27. The van der Waals surface area contributed by atoms with E-state index in [2.05, 4.69) is 0 Å². The fourth-order valence-corrected chi connectivity index (χ4v) is 1.53. The Labute approximate surface area is 96.7 Å². The van der Waals surface area contributed by atoms with Gasteiger partial charge in [-0.05, 0) is 33.6 Å². The first-order valence-electron chi connectivity index (χ1n) is 5.43. The van der Waals surface area contributed by atoms with E-state index in [4.69, 9.17) is 16.3 Å². The maximum Gasteiger partial charge on any atom is 0.248 e. The van der Waals surface area contributed by atoms with Crippen molar-refractivity contribution < 1.29 is 9.53 Å². The van der Waals surface area contributed by atoms with Gasteiger partial charge in [-0.2, -0.15) is 0 Å². The number of alkyl halides is 1. The molecule has 1 aliphatic carbocycles. The van der Waals surface area contributed by atoms with Crippen molar-refractivity contribution in [3.8, 4) is 0 Å². The van der Waals surface area contributed by atoms with Gasteiger partial charge in [0.2, 0.25) is 5.91 Å². The van der Waals surface area contributed by atoms with Gasteiger partial charge in [0.25, 0.3) is 0 Å². The molecule has 0 saturated heterocycles. The van der Waals surface area contributed by atoms with Crippen LogP contribution < -0.4 is 0 Å². The van der Waals surface area contributed by atoms with Crippen LogP contribution in [0.5, 0.6) is 0 Å². The van der Waals surface area contributed by atoms with E-state index >= 15 is 0 Å². The maximum absolute atomic E-state index is 11.8. The summed E-state index contributed by atoms with van der Waals surface area (Å²) in [6.45, 7) is 6.64. The predicted octanol–water partition coefficient (Wildman–Crippen LogP) is 2.03. The van der Waals surface area contributed by atoms with Crippen molar-refractivity contribution in [2.75, 3.05) is 19.0 Å². The van der Waals surface area contributed by atoms with E-state index in [1.54, 1.807) is 0 Å². The lowest BCUT2D eigenvalue weighted by molar-refractivity contribution is -0.141. The molecule has 1 rings (SSSR count). The minimum Gasteiger partial charge on any atom is -0.366 e. The molecule has 0 N–H and O–H groups in total. The number of rotatable bonds is 5. The van der Waals surface area contributed by atoms with Crippen LogP contribution in [0.3, 0.4) is 0 Å². The molecule has 1 fully saturated rings. The van der Waals surface area contributed by atoms with Crippen LogP contribution in [0.2, 0.25) is 0 Å². The van der Waals surface area contributed by atoms with Crippen molar-refractivity contribution in [3.63, 3.8) is 0 Å². The van der Waals surface area contributed by atoms with Gasteiger partial charge >= 0.3 is 0 Å². The molecule has 15 heavy (non-hydrogen) atoms. The molecule has 1 saturated carbocycles. The summed E-state index contributed by atoms with van der Waals surface area (Å²) < 4.78 is 5.46. The molecule has 0 aromatic rings. The highest BCUT2D eigenvalue weighted by Gasteiger charge is 2.32. The Hall–Kier alpha value is -0.280. The lowest BCUT2D eigenvalue weighted by atomic mass is 10.2. The predicted molar refractivity (Wildman–Crippen MR) is 61.2 cm³/mol. The van der Waals surface area contributed by atoms with Crippen molar-refractivity contribution in [2.45, 2.75) is 45.3 Å². The molecule has 0 unspecified atom stereocenters. The third-order valence-corrected chi connectivity index (χ3v) is 2.43. The number of carbonyl (C=O) groups is 1. The second-order valence-electron chi connectivity index (χ2n) is 4.91. The molecular formula is C11H20ClNO2. The Bertz CT molecular complexity index is 221. The number of nitrogens with zero attached hydrogens (tertiary/aromatic N) is 1. The van der Waals surface area contributed by atoms with E-state index in [1.165, 1.54) is 0 Å². The molecule has 0 bridgehead atoms. The fraction of sp³-hybridized carbons (Fsp3) is 0.909. The molecule has 88 valence electrons. The van der Waals surface area contributed by atoms with Crippen molar-refractivity contribution >= 4 is 17.5 Å². The van der Waals surface area contributed by atoms with Crippen molar-refractivity contribution in [3.05, 3.63) is 0 Å². The van der Waals surface area contributed by atoms with Gasteiger partial charge in [0.1, 0.15) is 6.61 Å². The van der Waals surface area contributed by atoms with Gasteiger partial charge in [-0.25, -0.2) is 0 Å². The highest BCUT2D eigenvalue weighted by atomic mass is 35.5. The van der Waals surface area contributed by atoms with Crippen LogP contribution in [-0.4, -0.2) is 41.5 Å².